The Bertz CT molecular complexity index is 514. The molecule has 2 aromatic rings. The van der Waals surface area contributed by atoms with Crippen molar-refractivity contribution >= 4 is 0 Å². The number of hydrogen-bond acceptors (Lipinski definition) is 3. The zero-order valence-corrected chi connectivity index (χ0v) is 10.2. The minimum atomic E-state index is 0.917. The van der Waals surface area contributed by atoms with E-state index in [4.69, 9.17) is 0 Å². The monoisotopic (exact) mass is 216 g/mol. The third kappa shape index (κ3) is 1.83. The first-order valence-corrected chi connectivity index (χ1v) is 5.45. The molecule has 0 fully saturated rings. The Morgan fingerprint density at radius 3 is 2.50 bits per heavy atom. The smallest absolute Gasteiger partial charge is 0.0993 e. The molecule has 0 aliphatic heterocycles. The van der Waals surface area contributed by atoms with Crippen molar-refractivity contribution < 1.29 is 0 Å². The summed E-state index contributed by atoms with van der Waals surface area (Å²) >= 11 is 0. The first kappa shape index (κ1) is 10.8. The Balaban J connectivity index is 2.52. The van der Waals surface area contributed by atoms with E-state index in [1.54, 1.807) is 4.68 Å². The largest absolute Gasteiger partial charge is 0.275 e. The van der Waals surface area contributed by atoms with Gasteiger partial charge in [-0.05, 0) is 31.9 Å². The van der Waals surface area contributed by atoms with Crippen LogP contribution in [0.25, 0.3) is 11.3 Å². The maximum Gasteiger partial charge on any atom is 0.0993 e. The van der Waals surface area contributed by atoms with Crippen LogP contribution in [0.5, 0.6) is 0 Å². The quantitative estimate of drug-likeness (QED) is 0.771. The number of aryl methyl sites for hydroxylation is 4. The summed E-state index contributed by atoms with van der Waals surface area (Å²) in [7, 11) is 1.92. The summed E-state index contributed by atoms with van der Waals surface area (Å²) in [5, 5.41) is 12.8. The Hall–Kier alpha value is -1.71. The molecule has 0 unspecified atom stereocenters. The molecule has 0 spiro atoms. The van der Waals surface area contributed by atoms with Crippen LogP contribution in [0.3, 0.4) is 0 Å². The summed E-state index contributed by atoms with van der Waals surface area (Å²) < 4.78 is 1.81. The lowest BCUT2D eigenvalue weighted by Crippen LogP contribution is -1.96. The van der Waals surface area contributed by atoms with Crippen LogP contribution >= 0.6 is 0 Å². The van der Waals surface area contributed by atoms with Gasteiger partial charge in [0.1, 0.15) is 0 Å². The van der Waals surface area contributed by atoms with Gasteiger partial charge in [0.15, 0.2) is 0 Å². The molecule has 0 radical (unpaired) electrons. The second-order valence-corrected chi connectivity index (χ2v) is 4.02. The number of aromatic nitrogens is 4. The first-order chi connectivity index (χ1) is 7.61. The molecule has 0 saturated carbocycles. The van der Waals surface area contributed by atoms with Crippen LogP contribution in [-0.2, 0) is 13.5 Å². The highest BCUT2D eigenvalue weighted by Crippen LogP contribution is 2.23. The number of hydrogen-bond donors (Lipinski definition) is 0. The van der Waals surface area contributed by atoms with Gasteiger partial charge >= 0.3 is 0 Å². The SMILES string of the molecule is CCc1cc(C)c(-c2cn(C)nc2C)nn1. The van der Waals surface area contributed by atoms with Crippen molar-refractivity contribution in [3.8, 4) is 11.3 Å². The molecule has 4 heteroatoms. The lowest BCUT2D eigenvalue weighted by atomic mass is 10.1. The third-order valence-electron chi connectivity index (χ3n) is 2.67. The predicted octanol–water partition coefficient (Wildman–Crippen LogP) is 2.06. The minimum absolute atomic E-state index is 0.917. The standard InChI is InChI=1S/C12H16N4/c1-5-10-6-8(2)12(14-13-10)11-7-16(4)15-9(11)3/h6-7H,5H2,1-4H3. The molecule has 4 nitrogen and oxygen atoms in total. The molecule has 0 N–H and O–H groups in total. The number of nitrogens with zero attached hydrogens (tertiary/aromatic N) is 4. The number of rotatable bonds is 2. The highest BCUT2D eigenvalue weighted by Gasteiger charge is 2.11. The molecule has 0 saturated heterocycles. The zero-order chi connectivity index (χ0) is 11.7. The topological polar surface area (TPSA) is 43.6 Å². The van der Waals surface area contributed by atoms with Gasteiger partial charge in [-0.2, -0.15) is 10.2 Å². The molecule has 0 aromatic carbocycles. The van der Waals surface area contributed by atoms with Crippen LogP contribution in [-0.4, -0.2) is 20.0 Å². The summed E-state index contributed by atoms with van der Waals surface area (Å²) in [6.45, 7) is 6.14. The molecule has 0 aliphatic carbocycles. The molecule has 2 heterocycles. The Kier molecular flexibility index (Phi) is 2.73. The van der Waals surface area contributed by atoms with Gasteiger partial charge in [-0.1, -0.05) is 6.92 Å². The van der Waals surface area contributed by atoms with E-state index in [0.29, 0.717) is 0 Å². The average Bonchev–Trinajstić information content (AvgIpc) is 2.57. The second kappa shape index (κ2) is 4.04. The van der Waals surface area contributed by atoms with Crippen molar-refractivity contribution in [2.75, 3.05) is 0 Å². The molecule has 0 amide bonds. The van der Waals surface area contributed by atoms with E-state index in [2.05, 4.69) is 35.2 Å². The second-order valence-electron chi connectivity index (χ2n) is 4.02. The molecule has 0 atom stereocenters. The Morgan fingerprint density at radius 2 is 2.00 bits per heavy atom. The summed E-state index contributed by atoms with van der Waals surface area (Å²) in [5.74, 6) is 0. The van der Waals surface area contributed by atoms with E-state index in [1.165, 1.54) is 0 Å². The normalized spacial score (nSPS) is 10.8. The molecule has 2 aromatic heterocycles. The maximum absolute atomic E-state index is 4.32. The molecular weight excluding hydrogens is 200 g/mol. The molecule has 84 valence electrons. The van der Waals surface area contributed by atoms with Gasteiger partial charge in [0.05, 0.1) is 17.1 Å². The fourth-order valence-corrected chi connectivity index (χ4v) is 1.81. The van der Waals surface area contributed by atoms with Crippen molar-refractivity contribution in [1.29, 1.82) is 0 Å². The summed E-state index contributed by atoms with van der Waals surface area (Å²) in [6.07, 6.45) is 2.90. The van der Waals surface area contributed by atoms with Crippen LogP contribution < -0.4 is 0 Å². The van der Waals surface area contributed by atoms with E-state index >= 15 is 0 Å². The van der Waals surface area contributed by atoms with Gasteiger partial charge in [-0.15, -0.1) is 5.10 Å². The van der Waals surface area contributed by atoms with Gasteiger partial charge < -0.3 is 0 Å². The molecule has 0 bridgehead atoms. The van der Waals surface area contributed by atoms with Gasteiger partial charge in [0.25, 0.3) is 0 Å². The third-order valence-corrected chi connectivity index (χ3v) is 2.67. The van der Waals surface area contributed by atoms with Gasteiger partial charge in [-0.25, -0.2) is 0 Å². The van der Waals surface area contributed by atoms with E-state index in [9.17, 15) is 0 Å². The molecular formula is C12H16N4. The van der Waals surface area contributed by atoms with Crippen LogP contribution in [0.1, 0.15) is 23.9 Å². The zero-order valence-electron chi connectivity index (χ0n) is 10.2. The maximum atomic E-state index is 4.32. The molecule has 16 heavy (non-hydrogen) atoms. The van der Waals surface area contributed by atoms with Gasteiger partial charge in [-0.3, -0.25) is 4.68 Å². The first-order valence-electron chi connectivity index (χ1n) is 5.45. The van der Waals surface area contributed by atoms with Crippen LogP contribution in [0, 0.1) is 13.8 Å². The minimum Gasteiger partial charge on any atom is -0.275 e. The van der Waals surface area contributed by atoms with Crippen LogP contribution in [0.4, 0.5) is 0 Å². The van der Waals surface area contributed by atoms with E-state index in [1.807, 2.05) is 20.2 Å². The summed E-state index contributed by atoms with van der Waals surface area (Å²) in [6, 6.07) is 2.09. The lowest BCUT2D eigenvalue weighted by molar-refractivity contribution is 0.756. The fourth-order valence-electron chi connectivity index (χ4n) is 1.81. The molecule has 2 rings (SSSR count). The highest BCUT2D eigenvalue weighted by atomic mass is 15.3. The van der Waals surface area contributed by atoms with Crippen molar-refractivity contribution in [2.24, 2.45) is 7.05 Å². The van der Waals surface area contributed by atoms with E-state index in [0.717, 1.165) is 34.6 Å². The lowest BCUT2D eigenvalue weighted by Gasteiger charge is -2.03. The Labute approximate surface area is 95.3 Å². The van der Waals surface area contributed by atoms with Crippen molar-refractivity contribution in [1.82, 2.24) is 20.0 Å². The van der Waals surface area contributed by atoms with Crippen LogP contribution in [0.2, 0.25) is 0 Å². The van der Waals surface area contributed by atoms with E-state index < -0.39 is 0 Å². The molecule has 0 aliphatic rings. The Morgan fingerprint density at radius 1 is 1.25 bits per heavy atom. The fraction of sp³-hybridized carbons (Fsp3) is 0.417. The predicted molar refractivity (Wildman–Crippen MR) is 63.1 cm³/mol. The van der Waals surface area contributed by atoms with Gasteiger partial charge in [0, 0.05) is 18.8 Å². The summed E-state index contributed by atoms with van der Waals surface area (Å²) in [5.41, 5.74) is 5.17. The van der Waals surface area contributed by atoms with Gasteiger partial charge in [0.2, 0.25) is 0 Å². The van der Waals surface area contributed by atoms with Crippen molar-refractivity contribution in [2.45, 2.75) is 27.2 Å². The van der Waals surface area contributed by atoms with E-state index in [-0.39, 0.29) is 0 Å². The van der Waals surface area contributed by atoms with Crippen molar-refractivity contribution in [3.05, 3.63) is 29.2 Å². The average molecular weight is 216 g/mol. The highest BCUT2D eigenvalue weighted by molar-refractivity contribution is 5.63. The van der Waals surface area contributed by atoms with Crippen molar-refractivity contribution in [3.63, 3.8) is 0 Å². The van der Waals surface area contributed by atoms with Crippen LogP contribution in [0.15, 0.2) is 12.3 Å². The summed E-state index contributed by atoms with van der Waals surface area (Å²) in [4.78, 5) is 0.